The Morgan fingerprint density at radius 3 is 2.69 bits per heavy atom. The first-order valence-electron chi connectivity index (χ1n) is 9.80. The van der Waals surface area contributed by atoms with E-state index in [0.717, 1.165) is 25.1 Å². The molecule has 1 unspecified atom stereocenters. The van der Waals surface area contributed by atoms with Crippen molar-refractivity contribution in [3.05, 3.63) is 46.5 Å². The van der Waals surface area contributed by atoms with Crippen molar-refractivity contribution in [2.24, 2.45) is 0 Å². The average molecular weight is 401 g/mol. The quantitative estimate of drug-likeness (QED) is 0.481. The van der Waals surface area contributed by atoms with E-state index >= 15 is 0 Å². The fraction of sp³-hybridized carbons (Fsp3) is 0.450. The first-order valence-corrected chi connectivity index (χ1v) is 9.80. The lowest BCUT2D eigenvalue weighted by atomic mass is 9.95. The van der Waals surface area contributed by atoms with Crippen molar-refractivity contribution in [1.29, 1.82) is 0 Å². The third-order valence-electron chi connectivity index (χ3n) is 5.31. The van der Waals surface area contributed by atoms with Gasteiger partial charge in [0.25, 0.3) is 0 Å². The number of aliphatic hydroxyl groups excluding tert-OH is 1. The minimum absolute atomic E-state index is 0.100. The highest BCUT2D eigenvalue weighted by Gasteiger charge is 2.35. The Balaban J connectivity index is 1.50. The van der Waals surface area contributed by atoms with E-state index in [0.29, 0.717) is 30.4 Å². The minimum atomic E-state index is -1.57. The molecule has 9 heteroatoms. The Kier molecular flexibility index (Phi) is 5.23. The number of pyridine rings is 1. The molecular formula is C20H24FN5O3. The maximum absolute atomic E-state index is 14.5. The number of hydrogen-bond acceptors (Lipinski definition) is 7. The second-order valence-electron chi connectivity index (χ2n) is 7.75. The van der Waals surface area contributed by atoms with E-state index < -0.39 is 17.2 Å². The topological polar surface area (TPSA) is 104 Å². The van der Waals surface area contributed by atoms with E-state index in [-0.39, 0.29) is 18.1 Å². The summed E-state index contributed by atoms with van der Waals surface area (Å²) in [6.07, 6.45) is 3.19. The van der Waals surface area contributed by atoms with Gasteiger partial charge in [0.15, 0.2) is 5.67 Å². The van der Waals surface area contributed by atoms with Gasteiger partial charge in [0.2, 0.25) is 5.82 Å². The van der Waals surface area contributed by atoms with Crippen LogP contribution >= 0.6 is 0 Å². The number of nitrogens with one attached hydrogen (secondary N) is 2. The molecule has 0 amide bonds. The Bertz CT molecular complexity index is 890. The van der Waals surface area contributed by atoms with Gasteiger partial charge in [-0.1, -0.05) is 0 Å². The maximum atomic E-state index is 14.5. The zero-order valence-electron chi connectivity index (χ0n) is 16.0. The van der Waals surface area contributed by atoms with E-state index in [4.69, 9.17) is 0 Å². The molecule has 1 saturated carbocycles. The number of nitro groups is 1. The normalized spacial score (nSPS) is 21.7. The number of alkyl halides is 1. The number of aromatic nitrogens is 1. The molecule has 0 bridgehead atoms. The van der Waals surface area contributed by atoms with Crippen LogP contribution in [-0.4, -0.2) is 46.4 Å². The first kappa shape index (κ1) is 19.4. The van der Waals surface area contributed by atoms with Gasteiger partial charge in [0.05, 0.1) is 18.1 Å². The Labute approximate surface area is 167 Å². The lowest BCUT2D eigenvalue weighted by Crippen LogP contribution is -2.47. The molecule has 1 atom stereocenters. The summed E-state index contributed by atoms with van der Waals surface area (Å²) < 4.78 is 14.5. The van der Waals surface area contributed by atoms with Crippen molar-refractivity contribution >= 4 is 28.7 Å². The average Bonchev–Trinajstić information content (AvgIpc) is 3.52. The van der Waals surface area contributed by atoms with Gasteiger partial charge in [-0.15, -0.1) is 0 Å². The molecule has 2 aromatic rings. The summed E-state index contributed by atoms with van der Waals surface area (Å²) >= 11 is 0. The number of aliphatic hydroxyl groups is 1. The van der Waals surface area contributed by atoms with Crippen molar-refractivity contribution in [1.82, 2.24) is 4.98 Å². The highest BCUT2D eigenvalue weighted by molar-refractivity contribution is 5.69. The molecule has 8 nitrogen and oxygen atoms in total. The Morgan fingerprint density at radius 1 is 1.28 bits per heavy atom. The number of anilines is 4. The summed E-state index contributed by atoms with van der Waals surface area (Å²) in [6, 6.07) is 10.7. The summed E-state index contributed by atoms with van der Waals surface area (Å²) in [6.45, 7) is 0.391. The second-order valence-corrected chi connectivity index (χ2v) is 7.75. The van der Waals surface area contributed by atoms with Crippen LogP contribution < -0.4 is 15.5 Å². The third kappa shape index (κ3) is 4.56. The molecule has 29 heavy (non-hydrogen) atoms. The van der Waals surface area contributed by atoms with Crippen molar-refractivity contribution in [3.8, 4) is 0 Å². The molecule has 1 aromatic heterocycles. The van der Waals surface area contributed by atoms with Gasteiger partial charge in [-0.25, -0.2) is 9.37 Å². The lowest BCUT2D eigenvalue weighted by molar-refractivity contribution is -0.384. The Hall–Kier alpha value is -2.94. The van der Waals surface area contributed by atoms with Crippen LogP contribution in [0.15, 0.2) is 36.4 Å². The summed E-state index contributed by atoms with van der Waals surface area (Å²) in [5.41, 5.74) is -0.179. The zero-order valence-corrected chi connectivity index (χ0v) is 16.0. The van der Waals surface area contributed by atoms with Gasteiger partial charge in [0, 0.05) is 30.0 Å². The minimum Gasteiger partial charge on any atom is -0.393 e. The zero-order chi connectivity index (χ0) is 20.4. The molecule has 0 spiro atoms. The van der Waals surface area contributed by atoms with Gasteiger partial charge in [-0.3, -0.25) is 10.1 Å². The standard InChI is InChI=1S/C20H24FN5O3/c21-20(13-27)10-1-11-25(12-20)16-6-4-15(5-7-16)23-19-17(26(28)29)8-9-18(24-19)22-14-2-3-14/h4-9,14,27H,1-3,10-13H2,(H2,22,23,24). The number of hydrogen-bond donors (Lipinski definition) is 3. The van der Waals surface area contributed by atoms with E-state index in [1.54, 1.807) is 18.2 Å². The number of halogens is 1. The van der Waals surface area contributed by atoms with Crippen LogP contribution in [-0.2, 0) is 0 Å². The van der Waals surface area contributed by atoms with Gasteiger partial charge < -0.3 is 20.6 Å². The molecule has 1 aliphatic heterocycles. The number of benzene rings is 1. The van der Waals surface area contributed by atoms with Crippen LogP contribution in [0.2, 0.25) is 0 Å². The molecule has 2 fully saturated rings. The van der Waals surface area contributed by atoms with Gasteiger partial charge in [0.1, 0.15) is 5.82 Å². The molecule has 2 aliphatic rings. The highest BCUT2D eigenvalue weighted by atomic mass is 19.1. The van der Waals surface area contributed by atoms with Crippen molar-refractivity contribution < 1.29 is 14.4 Å². The largest absolute Gasteiger partial charge is 0.393 e. The summed E-state index contributed by atoms with van der Waals surface area (Å²) in [4.78, 5) is 17.2. The van der Waals surface area contributed by atoms with Crippen molar-refractivity contribution in [3.63, 3.8) is 0 Å². The van der Waals surface area contributed by atoms with Crippen molar-refractivity contribution in [2.75, 3.05) is 35.2 Å². The number of rotatable bonds is 7. The van der Waals surface area contributed by atoms with Gasteiger partial charge in [-0.2, -0.15) is 0 Å². The SMILES string of the molecule is O=[N+]([O-])c1ccc(NC2CC2)nc1Nc1ccc(N2CCCC(F)(CO)C2)cc1. The molecular weight excluding hydrogens is 377 g/mol. The molecule has 1 saturated heterocycles. The van der Waals surface area contributed by atoms with Crippen LogP contribution in [0, 0.1) is 10.1 Å². The van der Waals surface area contributed by atoms with Crippen LogP contribution in [0.4, 0.5) is 33.1 Å². The Morgan fingerprint density at radius 2 is 2.03 bits per heavy atom. The van der Waals surface area contributed by atoms with Gasteiger partial charge in [-0.05, 0) is 56.0 Å². The van der Waals surface area contributed by atoms with E-state index in [1.165, 1.54) is 6.07 Å². The number of piperidine rings is 1. The molecule has 1 aliphatic carbocycles. The summed E-state index contributed by atoms with van der Waals surface area (Å²) in [5, 5.41) is 26.9. The van der Waals surface area contributed by atoms with E-state index in [1.807, 2.05) is 17.0 Å². The molecule has 2 heterocycles. The predicted molar refractivity (Wildman–Crippen MR) is 110 cm³/mol. The maximum Gasteiger partial charge on any atom is 0.311 e. The lowest BCUT2D eigenvalue weighted by Gasteiger charge is -2.37. The van der Waals surface area contributed by atoms with Crippen molar-refractivity contribution in [2.45, 2.75) is 37.4 Å². The van der Waals surface area contributed by atoms with Gasteiger partial charge >= 0.3 is 5.69 Å². The van der Waals surface area contributed by atoms with Crippen LogP contribution in [0.3, 0.4) is 0 Å². The fourth-order valence-electron chi connectivity index (χ4n) is 3.54. The second kappa shape index (κ2) is 7.82. The highest BCUT2D eigenvalue weighted by Crippen LogP contribution is 2.32. The molecule has 1 aromatic carbocycles. The van der Waals surface area contributed by atoms with Crippen LogP contribution in [0.25, 0.3) is 0 Å². The fourth-order valence-corrected chi connectivity index (χ4v) is 3.54. The van der Waals surface area contributed by atoms with E-state index in [9.17, 15) is 19.6 Å². The smallest absolute Gasteiger partial charge is 0.311 e. The first-order chi connectivity index (χ1) is 14.0. The number of nitrogens with zero attached hydrogens (tertiary/aromatic N) is 3. The summed E-state index contributed by atoms with van der Waals surface area (Å²) in [5.74, 6) is 0.781. The molecule has 3 N–H and O–H groups in total. The van der Waals surface area contributed by atoms with E-state index in [2.05, 4.69) is 15.6 Å². The third-order valence-corrected chi connectivity index (χ3v) is 5.31. The molecule has 4 rings (SSSR count). The molecule has 154 valence electrons. The van der Waals surface area contributed by atoms with Crippen LogP contribution in [0.1, 0.15) is 25.7 Å². The predicted octanol–water partition coefficient (Wildman–Crippen LogP) is 3.61. The monoisotopic (exact) mass is 401 g/mol. The molecule has 0 radical (unpaired) electrons. The summed E-state index contributed by atoms with van der Waals surface area (Å²) in [7, 11) is 0. The van der Waals surface area contributed by atoms with Crippen LogP contribution in [0.5, 0.6) is 0 Å².